The minimum absolute atomic E-state index is 0.126. The van der Waals surface area contributed by atoms with E-state index in [0.717, 1.165) is 0 Å². The summed E-state index contributed by atoms with van der Waals surface area (Å²) in [4.78, 5) is 20.8. The first kappa shape index (κ1) is 26.2. The van der Waals surface area contributed by atoms with E-state index in [1.807, 2.05) is 30.0 Å². The van der Waals surface area contributed by atoms with Gasteiger partial charge < -0.3 is 20.2 Å². The van der Waals surface area contributed by atoms with Gasteiger partial charge in [0.15, 0.2) is 17.4 Å². The van der Waals surface area contributed by atoms with Gasteiger partial charge in [0.25, 0.3) is 0 Å². The number of rotatable bonds is 3. The third-order valence-electron chi connectivity index (χ3n) is 6.69. The predicted molar refractivity (Wildman–Crippen MR) is 134 cm³/mol. The molecule has 0 bridgehead atoms. The zero-order chi connectivity index (χ0) is 28.1. The summed E-state index contributed by atoms with van der Waals surface area (Å²) in [5.74, 6) is -4.84. The zero-order valence-corrected chi connectivity index (χ0v) is 20.8. The molecule has 4 aromatic rings. The maximum absolute atomic E-state index is 14.7. The standard InChI is InChI=1S/C26H23F5N6O2/c1-14-13-36(25(39)33-15-6-4-3-5-7-15)8-9-37(14)20-11-19-17(12-32-20)23(34-35(19)2)16-10-18(26(29,30)31)22(28)24(38)21(16)27/h3-7,10-12,14,38H,8-9,13H2,1-2H3,(H,33,39)/t14-/m0/s1. The van der Waals surface area contributed by atoms with Gasteiger partial charge in [-0.15, -0.1) is 0 Å². The Hall–Kier alpha value is -4.42. The third kappa shape index (κ3) is 4.79. The first-order valence-electron chi connectivity index (χ1n) is 11.9. The van der Waals surface area contributed by atoms with Crippen LogP contribution in [0.3, 0.4) is 0 Å². The number of amides is 2. The molecule has 13 heteroatoms. The molecule has 204 valence electrons. The highest BCUT2D eigenvalue weighted by Crippen LogP contribution is 2.41. The van der Waals surface area contributed by atoms with Crippen molar-refractivity contribution in [3.63, 3.8) is 0 Å². The van der Waals surface area contributed by atoms with E-state index in [0.29, 0.717) is 42.7 Å². The summed E-state index contributed by atoms with van der Waals surface area (Å²) in [6, 6.07) is 10.7. The van der Waals surface area contributed by atoms with Crippen molar-refractivity contribution in [2.75, 3.05) is 29.9 Å². The number of carbonyl (C=O) groups excluding carboxylic acids is 1. The van der Waals surface area contributed by atoms with Crippen molar-refractivity contribution in [3.05, 3.63) is 65.9 Å². The van der Waals surface area contributed by atoms with E-state index < -0.39 is 34.7 Å². The topological polar surface area (TPSA) is 86.5 Å². The molecular weight excluding hydrogens is 523 g/mol. The molecule has 1 fully saturated rings. The fourth-order valence-corrected chi connectivity index (χ4v) is 4.71. The second kappa shape index (κ2) is 9.71. The first-order chi connectivity index (χ1) is 18.5. The first-order valence-corrected chi connectivity index (χ1v) is 11.9. The molecule has 2 aromatic heterocycles. The number of piperazine rings is 1. The molecule has 8 nitrogen and oxygen atoms in total. The molecule has 1 saturated heterocycles. The van der Waals surface area contributed by atoms with E-state index in [-0.39, 0.29) is 23.2 Å². The van der Waals surface area contributed by atoms with Gasteiger partial charge in [-0.25, -0.2) is 18.6 Å². The molecule has 5 rings (SSSR count). The van der Waals surface area contributed by atoms with Gasteiger partial charge in [0.05, 0.1) is 11.1 Å². The average Bonchev–Trinajstić information content (AvgIpc) is 3.22. The number of halogens is 5. The zero-order valence-electron chi connectivity index (χ0n) is 20.8. The molecule has 2 N–H and O–H groups in total. The van der Waals surface area contributed by atoms with Gasteiger partial charge in [-0.3, -0.25) is 4.68 Å². The molecule has 0 spiro atoms. The number of aromatic hydroxyl groups is 1. The Morgan fingerprint density at radius 1 is 1.10 bits per heavy atom. The van der Waals surface area contributed by atoms with E-state index in [4.69, 9.17) is 0 Å². The normalized spacial score (nSPS) is 16.1. The van der Waals surface area contributed by atoms with Crippen LogP contribution in [-0.2, 0) is 13.2 Å². The number of alkyl halides is 3. The summed E-state index contributed by atoms with van der Waals surface area (Å²) in [5, 5.41) is 16.9. The molecule has 0 saturated carbocycles. The van der Waals surface area contributed by atoms with Crippen LogP contribution in [0.2, 0.25) is 0 Å². The van der Waals surface area contributed by atoms with Gasteiger partial charge in [0, 0.05) is 61.6 Å². The van der Waals surface area contributed by atoms with Gasteiger partial charge in [0.1, 0.15) is 11.5 Å². The number of hydrogen-bond donors (Lipinski definition) is 2. The monoisotopic (exact) mass is 546 g/mol. The van der Waals surface area contributed by atoms with Gasteiger partial charge >= 0.3 is 12.2 Å². The molecular formula is C26H23F5N6O2. The van der Waals surface area contributed by atoms with Crippen LogP contribution in [0, 0.1) is 11.6 Å². The number of aryl methyl sites for hydroxylation is 1. The lowest BCUT2D eigenvalue weighted by Gasteiger charge is -2.40. The number of para-hydroxylation sites is 1. The Balaban J connectivity index is 1.42. The van der Waals surface area contributed by atoms with Crippen molar-refractivity contribution in [3.8, 4) is 17.0 Å². The van der Waals surface area contributed by atoms with E-state index in [1.54, 1.807) is 23.1 Å². The number of pyridine rings is 1. The number of aromatic nitrogens is 3. The molecule has 0 unspecified atom stereocenters. The van der Waals surface area contributed by atoms with Gasteiger partial charge in [0.2, 0.25) is 0 Å². The summed E-state index contributed by atoms with van der Waals surface area (Å²) >= 11 is 0. The number of urea groups is 1. The number of nitrogens with one attached hydrogen (secondary N) is 1. The summed E-state index contributed by atoms with van der Waals surface area (Å²) in [5.41, 5.74) is -1.61. The Kier molecular flexibility index (Phi) is 6.52. The number of phenols is 1. The van der Waals surface area contributed by atoms with Crippen molar-refractivity contribution < 1.29 is 31.9 Å². The Labute approximate surface area is 219 Å². The number of anilines is 2. The Morgan fingerprint density at radius 2 is 1.82 bits per heavy atom. The third-order valence-corrected chi connectivity index (χ3v) is 6.69. The molecule has 1 atom stereocenters. The number of nitrogens with zero attached hydrogens (tertiary/aromatic N) is 5. The SMILES string of the molecule is C[C@H]1CN(C(=O)Nc2ccccc2)CCN1c1cc2c(cn1)c(-c1cc(C(F)(F)F)c(F)c(O)c1F)nn2C. The lowest BCUT2D eigenvalue weighted by atomic mass is 10.0. The average molecular weight is 546 g/mol. The van der Waals surface area contributed by atoms with Crippen LogP contribution in [0.25, 0.3) is 22.2 Å². The molecule has 0 radical (unpaired) electrons. The van der Waals surface area contributed by atoms with Crippen molar-refractivity contribution >= 4 is 28.4 Å². The van der Waals surface area contributed by atoms with Gasteiger partial charge in [-0.2, -0.15) is 18.3 Å². The van der Waals surface area contributed by atoms with Crippen molar-refractivity contribution in [2.45, 2.75) is 19.1 Å². The number of hydrogen-bond acceptors (Lipinski definition) is 5. The van der Waals surface area contributed by atoms with Gasteiger partial charge in [-0.05, 0) is 25.1 Å². The van der Waals surface area contributed by atoms with E-state index in [1.165, 1.54) is 17.9 Å². The summed E-state index contributed by atoms with van der Waals surface area (Å²) in [6.07, 6.45) is -3.81. The fraction of sp³-hybridized carbons (Fsp3) is 0.269. The smallest absolute Gasteiger partial charge is 0.419 e. The Morgan fingerprint density at radius 3 is 2.49 bits per heavy atom. The van der Waals surface area contributed by atoms with Crippen LogP contribution in [0.5, 0.6) is 5.75 Å². The number of fused-ring (bicyclic) bond motifs is 1. The number of phenolic OH excluding ortho intramolecular Hbond substituents is 1. The van der Waals surface area contributed by atoms with Crippen LogP contribution >= 0.6 is 0 Å². The molecule has 1 aliphatic rings. The molecule has 0 aliphatic carbocycles. The summed E-state index contributed by atoms with van der Waals surface area (Å²) in [7, 11) is 1.52. The minimum atomic E-state index is -5.16. The van der Waals surface area contributed by atoms with Crippen LogP contribution < -0.4 is 10.2 Å². The van der Waals surface area contributed by atoms with Gasteiger partial charge in [-0.1, -0.05) is 18.2 Å². The van der Waals surface area contributed by atoms with Crippen LogP contribution in [0.15, 0.2) is 48.7 Å². The molecule has 39 heavy (non-hydrogen) atoms. The molecule has 2 aromatic carbocycles. The van der Waals surface area contributed by atoms with Crippen LogP contribution in [0.4, 0.5) is 38.3 Å². The maximum Gasteiger partial charge on any atom is 0.419 e. The van der Waals surface area contributed by atoms with Crippen LogP contribution in [0.1, 0.15) is 12.5 Å². The van der Waals surface area contributed by atoms with E-state index in [9.17, 15) is 31.9 Å². The summed E-state index contributed by atoms with van der Waals surface area (Å²) in [6.45, 7) is 3.22. The highest BCUT2D eigenvalue weighted by Gasteiger charge is 2.38. The highest BCUT2D eigenvalue weighted by molar-refractivity contribution is 5.94. The lowest BCUT2D eigenvalue weighted by molar-refractivity contribution is -0.140. The van der Waals surface area contributed by atoms with E-state index >= 15 is 0 Å². The van der Waals surface area contributed by atoms with E-state index in [2.05, 4.69) is 15.4 Å². The quantitative estimate of drug-likeness (QED) is 0.337. The Bertz CT molecular complexity index is 1560. The predicted octanol–water partition coefficient (Wildman–Crippen LogP) is 5.38. The molecule has 2 amide bonds. The van der Waals surface area contributed by atoms with Crippen molar-refractivity contribution in [2.24, 2.45) is 7.05 Å². The second-order valence-electron chi connectivity index (χ2n) is 9.26. The lowest BCUT2D eigenvalue weighted by Crippen LogP contribution is -2.55. The van der Waals surface area contributed by atoms with Crippen molar-refractivity contribution in [1.29, 1.82) is 0 Å². The van der Waals surface area contributed by atoms with Crippen molar-refractivity contribution in [1.82, 2.24) is 19.7 Å². The maximum atomic E-state index is 14.7. The number of benzene rings is 2. The second-order valence-corrected chi connectivity index (χ2v) is 9.26. The molecule has 1 aliphatic heterocycles. The highest BCUT2D eigenvalue weighted by atomic mass is 19.4. The minimum Gasteiger partial charge on any atom is -0.503 e. The molecule has 3 heterocycles. The fourth-order valence-electron chi connectivity index (χ4n) is 4.71. The largest absolute Gasteiger partial charge is 0.503 e. The summed E-state index contributed by atoms with van der Waals surface area (Å²) < 4.78 is 70.0. The van der Waals surface area contributed by atoms with Crippen LogP contribution in [-0.4, -0.2) is 56.5 Å². The number of carbonyl (C=O) groups is 1.